The fraction of sp³-hybridized carbons (Fsp3) is 0.556. The molecule has 3 rings (SSSR count). The van der Waals surface area contributed by atoms with Crippen molar-refractivity contribution in [2.24, 2.45) is 5.92 Å². The van der Waals surface area contributed by atoms with Crippen molar-refractivity contribution in [3.05, 3.63) is 22.2 Å². The van der Waals surface area contributed by atoms with Crippen molar-refractivity contribution in [1.29, 1.82) is 0 Å². The third-order valence-electron chi connectivity index (χ3n) is 5.22. The van der Waals surface area contributed by atoms with Crippen molar-refractivity contribution < 1.29 is 37.0 Å². The van der Waals surface area contributed by atoms with Crippen molar-refractivity contribution in [3.63, 3.8) is 0 Å². The molecule has 0 bridgehead atoms. The Morgan fingerprint density at radius 1 is 1.25 bits per heavy atom. The molecular formula is C18H19ClF3NO5. The molecule has 1 saturated heterocycles. The molecule has 0 radical (unpaired) electrons. The van der Waals surface area contributed by atoms with Crippen molar-refractivity contribution in [2.45, 2.75) is 38.7 Å². The van der Waals surface area contributed by atoms with Gasteiger partial charge in [0.2, 0.25) is 0 Å². The van der Waals surface area contributed by atoms with Crippen LogP contribution < -0.4 is 9.47 Å². The monoisotopic (exact) mass is 421 g/mol. The number of hydrogen-bond donors (Lipinski definition) is 0. The van der Waals surface area contributed by atoms with Crippen LogP contribution in [0.2, 0.25) is 5.02 Å². The molecule has 1 atom stereocenters. The predicted molar refractivity (Wildman–Crippen MR) is 92.5 cm³/mol. The molecule has 1 unspecified atom stereocenters. The molecule has 1 fully saturated rings. The van der Waals surface area contributed by atoms with Crippen molar-refractivity contribution in [3.8, 4) is 11.5 Å². The Hall–Kier alpha value is -2.16. The van der Waals surface area contributed by atoms with Gasteiger partial charge in [-0.3, -0.25) is 4.79 Å². The highest BCUT2D eigenvalue weighted by atomic mass is 35.5. The summed E-state index contributed by atoms with van der Waals surface area (Å²) in [6.07, 6.45) is -4.35. The molecule has 28 heavy (non-hydrogen) atoms. The number of likely N-dealkylation sites (tertiary alicyclic amines) is 1. The van der Waals surface area contributed by atoms with Crippen LogP contribution in [-0.4, -0.2) is 48.9 Å². The maximum absolute atomic E-state index is 12.6. The van der Waals surface area contributed by atoms with Crippen LogP contribution in [0.15, 0.2) is 6.07 Å². The van der Waals surface area contributed by atoms with E-state index in [1.807, 2.05) is 0 Å². The number of rotatable bonds is 2. The largest absolute Gasteiger partial charge is 0.471 e. The van der Waals surface area contributed by atoms with Crippen LogP contribution in [0.4, 0.5) is 13.2 Å². The molecule has 10 heteroatoms. The molecule has 2 heterocycles. The van der Waals surface area contributed by atoms with E-state index in [1.165, 1.54) is 13.2 Å². The summed E-state index contributed by atoms with van der Waals surface area (Å²) < 4.78 is 54.5. The quantitative estimate of drug-likeness (QED) is 0.681. The minimum atomic E-state index is -4.89. The molecule has 6 nitrogen and oxygen atoms in total. The van der Waals surface area contributed by atoms with Gasteiger partial charge in [-0.05, 0) is 25.8 Å². The Bertz CT molecular complexity index is 820. The fourth-order valence-corrected chi connectivity index (χ4v) is 3.85. The average molecular weight is 422 g/mol. The summed E-state index contributed by atoms with van der Waals surface area (Å²) >= 11 is 6.24. The van der Waals surface area contributed by atoms with Crippen molar-refractivity contribution in [1.82, 2.24) is 4.90 Å². The first-order valence-electron chi connectivity index (χ1n) is 8.63. The summed E-state index contributed by atoms with van der Waals surface area (Å²) in [5, 5.41) is 0.175. The van der Waals surface area contributed by atoms with Gasteiger partial charge in [0, 0.05) is 31.5 Å². The Balaban J connectivity index is 1.78. The van der Waals surface area contributed by atoms with Crippen LogP contribution in [0, 0.1) is 12.8 Å². The third-order valence-corrected chi connectivity index (χ3v) is 5.50. The minimum Gasteiger partial charge on any atom is -0.465 e. The zero-order chi connectivity index (χ0) is 20.9. The predicted octanol–water partition coefficient (Wildman–Crippen LogP) is 3.72. The van der Waals surface area contributed by atoms with Crippen LogP contribution in [0.1, 0.15) is 35.7 Å². The van der Waals surface area contributed by atoms with Gasteiger partial charge in [-0.1, -0.05) is 11.6 Å². The lowest BCUT2D eigenvalue weighted by atomic mass is 9.89. The van der Waals surface area contributed by atoms with Gasteiger partial charge in [-0.15, -0.1) is 0 Å². The summed E-state index contributed by atoms with van der Waals surface area (Å²) in [5.74, 6) is -3.26. The van der Waals surface area contributed by atoms with E-state index in [4.69, 9.17) is 25.8 Å². The molecule has 2 aliphatic heterocycles. The molecule has 0 N–H and O–H groups in total. The van der Waals surface area contributed by atoms with E-state index in [0.717, 1.165) is 4.90 Å². The maximum Gasteiger partial charge on any atom is 0.471 e. The summed E-state index contributed by atoms with van der Waals surface area (Å²) in [4.78, 5) is 24.1. The highest BCUT2D eigenvalue weighted by Gasteiger charge is 2.49. The molecule has 1 amide bonds. The van der Waals surface area contributed by atoms with Gasteiger partial charge < -0.3 is 19.1 Å². The van der Waals surface area contributed by atoms with Gasteiger partial charge in [0.25, 0.3) is 5.79 Å². The summed E-state index contributed by atoms with van der Waals surface area (Å²) in [6, 6.07) is 1.43. The zero-order valence-corrected chi connectivity index (χ0v) is 16.2. The third kappa shape index (κ3) is 3.47. The molecule has 154 valence electrons. The van der Waals surface area contributed by atoms with E-state index in [-0.39, 0.29) is 48.2 Å². The number of carbonyl (C=O) groups is 2. The summed E-state index contributed by atoms with van der Waals surface area (Å²) in [7, 11) is 1.25. The van der Waals surface area contributed by atoms with Gasteiger partial charge in [-0.2, -0.15) is 13.2 Å². The van der Waals surface area contributed by atoms with E-state index < -0.39 is 23.8 Å². The second-order valence-corrected chi connectivity index (χ2v) is 7.37. The molecule has 1 aromatic carbocycles. The number of carbonyl (C=O) groups excluding carboxylic acids is 2. The second kappa shape index (κ2) is 7.02. The smallest absolute Gasteiger partial charge is 0.465 e. The van der Waals surface area contributed by atoms with Gasteiger partial charge in [0.15, 0.2) is 11.5 Å². The Labute approximate surface area is 164 Å². The van der Waals surface area contributed by atoms with Gasteiger partial charge in [0.1, 0.15) is 0 Å². The first-order chi connectivity index (χ1) is 13.0. The number of benzene rings is 1. The fourth-order valence-electron chi connectivity index (χ4n) is 3.62. The number of piperidine rings is 1. The molecule has 0 aliphatic carbocycles. The Morgan fingerprint density at radius 2 is 1.82 bits per heavy atom. The molecule has 1 aromatic rings. The zero-order valence-electron chi connectivity index (χ0n) is 15.5. The Kier molecular flexibility index (Phi) is 5.16. The first kappa shape index (κ1) is 20.6. The minimum absolute atomic E-state index is 0.0538. The summed E-state index contributed by atoms with van der Waals surface area (Å²) in [6.45, 7) is 3.23. The molecule has 0 aromatic heterocycles. The number of amides is 1. The van der Waals surface area contributed by atoms with E-state index in [1.54, 1.807) is 13.8 Å². The van der Waals surface area contributed by atoms with Crippen LogP contribution >= 0.6 is 11.6 Å². The number of esters is 1. The van der Waals surface area contributed by atoms with E-state index in [2.05, 4.69) is 0 Å². The van der Waals surface area contributed by atoms with Gasteiger partial charge in [-0.25, -0.2) is 4.79 Å². The highest BCUT2D eigenvalue weighted by Crippen LogP contribution is 2.51. The normalized spacial score (nSPS) is 22.3. The lowest BCUT2D eigenvalue weighted by Gasteiger charge is -2.38. The molecule has 0 saturated carbocycles. The average Bonchev–Trinajstić information content (AvgIpc) is 3.02. The topological polar surface area (TPSA) is 65.1 Å². The molecule has 2 aliphatic rings. The number of halogens is 4. The number of ether oxygens (including phenoxy) is 3. The van der Waals surface area contributed by atoms with Gasteiger partial charge in [0.05, 0.1) is 17.7 Å². The number of methoxy groups -OCH3 is 1. The lowest BCUT2D eigenvalue weighted by molar-refractivity contribution is -0.189. The maximum atomic E-state index is 12.6. The molecule has 0 spiro atoms. The summed E-state index contributed by atoms with van der Waals surface area (Å²) in [5.41, 5.74) is 0.740. The van der Waals surface area contributed by atoms with Crippen molar-refractivity contribution >= 4 is 23.5 Å². The first-order valence-corrected chi connectivity index (χ1v) is 9.01. The SMILES string of the molecule is COC(=O)c1cc(Cl)c2c(c1C)OC(C)(C1CCN(C(=O)C(F)(F)F)CC1)O2. The standard InChI is InChI=1S/C18H19ClF3NO5/c1-9-11(15(24)26-3)8-12(19)14-13(9)27-17(2,28-14)10-4-6-23(7-5-10)16(25)18(20,21)22/h8,10H,4-7H2,1-3H3. The van der Waals surface area contributed by atoms with Crippen molar-refractivity contribution in [2.75, 3.05) is 20.2 Å². The molecular weight excluding hydrogens is 403 g/mol. The van der Waals surface area contributed by atoms with E-state index in [9.17, 15) is 22.8 Å². The number of hydrogen-bond acceptors (Lipinski definition) is 5. The highest BCUT2D eigenvalue weighted by molar-refractivity contribution is 6.32. The number of fused-ring (bicyclic) bond motifs is 1. The number of alkyl halides is 3. The van der Waals surface area contributed by atoms with Gasteiger partial charge >= 0.3 is 18.1 Å². The number of nitrogens with zero attached hydrogens (tertiary/aromatic N) is 1. The Morgan fingerprint density at radius 3 is 2.36 bits per heavy atom. The van der Waals surface area contributed by atoms with E-state index >= 15 is 0 Å². The van der Waals surface area contributed by atoms with Crippen LogP contribution in [0.5, 0.6) is 11.5 Å². The van der Waals surface area contributed by atoms with E-state index in [0.29, 0.717) is 11.3 Å². The van der Waals surface area contributed by atoms with Crippen LogP contribution in [-0.2, 0) is 9.53 Å². The lowest BCUT2D eigenvalue weighted by Crippen LogP contribution is -2.51. The second-order valence-electron chi connectivity index (χ2n) is 6.97. The van der Waals surface area contributed by atoms with Crippen LogP contribution in [0.3, 0.4) is 0 Å². The van der Waals surface area contributed by atoms with Crippen LogP contribution in [0.25, 0.3) is 0 Å².